The molecule has 0 aliphatic carbocycles. The van der Waals surface area contributed by atoms with Crippen LogP contribution in [0.1, 0.15) is 48.2 Å². The van der Waals surface area contributed by atoms with Gasteiger partial charge in [-0.15, -0.1) is 0 Å². The van der Waals surface area contributed by atoms with Crippen LogP contribution in [-0.4, -0.2) is 102 Å². The van der Waals surface area contributed by atoms with E-state index in [-0.39, 0.29) is 37.5 Å². The van der Waals surface area contributed by atoms with E-state index < -0.39 is 29.8 Å². The number of benzene rings is 1. The summed E-state index contributed by atoms with van der Waals surface area (Å²) >= 11 is 0. The second kappa shape index (κ2) is 14.5. The lowest BCUT2D eigenvalue weighted by molar-refractivity contribution is -0.136. The standard InChI is InChI=1S/C28H39N7O5/c1-34-14-15-40-24-9-5-4-8-21(24)26(37)33-22(27(38)30-10-13-35-11-6-2-3-7-12-35)17-25(36)32-23(28(34)39)16-20-18-29-19-31-20/h4-5,8-9,18-19,22-23H,2-3,6-7,10-17H2,1H3,(H,29,31)(H,30,38)(H,32,36)(H,33,37)/t22-,23-/m0/s1. The lowest BCUT2D eigenvalue weighted by Crippen LogP contribution is -2.53. The Morgan fingerprint density at radius 2 is 1.85 bits per heavy atom. The van der Waals surface area contributed by atoms with Gasteiger partial charge in [0.25, 0.3) is 5.91 Å². The number of H-pyrrole nitrogens is 1. The summed E-state index contributed by atoms with van der Waals surface area (Å²) in [5, 5.41) is 8.37. The summed E-state index contributed by atoms with van der Waals surface area (Å²) in [6, 6.07) is 4.66. The molecular weight excluding hydrogens is 514 g/mol. The Labute approximate surface area is 234 Å². The molecular formula is C28H39N7O5. The highest BCUT2D eigenvalue weighted by Crippen LogP contribution is 2.19. The fourth-order valence-corrected chi connectivity index (χ4v) is 4.97. The maximum absolute atomic E-state index is 13.3. The van der Waals surface area contributed by atoms with Crippen molar-refractivity contribution in [3.63, 3.8) is 0 Å². The quantitative estimate of drug-likeness (QED) is 0.406. The fraction of sp³-hybridized carbons (Fsp3) is 0.536. The highest BCUT2D eigenvalue weighted by atomic mass is 16.5. The van der Waals surface area contributed by atoms with Gasteiger partial charge in [0.05, 0.1) is 24.9 Å². The van der Waals surface area contributed by atoms with Crippen LogP contribution in [0.25, 0.3) is 0 Å². The van der Waals surface area contributed by atoms with Gasteiger partial charge in [-0.1, -0.05) is 25.0 Å². The van der Waals surface area contributed by atoms with Crippen LogP contribution >= 0.6 is 0 Å². The number of nitrogens with zero attached hydrogens (tertiary/aromatic N) is 3. The van der Waals surface area contributed by atoms with Gasteiger partial charge in [0, 0.05) is 38.4 Å². The number of aromatic nitrogens is 2. The van der Waals surface area contributed by atoms with Crippen molar-refractivity contribution >= 4 is 23.6 Å². The number of likely N-dealkylation sites (N-methyl/N-ethyl adjacent to an activating group) is 1. The number of para-hydroxylation sites is 1. The molecule has 2 atom stereocenters. The van der Waals surface area contributed by atoms with Crippen molar-refractivity contribution < 1.29 is 23.9 Å². The Bertz CT molecular complexity index is 1150. The largest absolute Gasteiger partial charge is 0.491 e. The summed E-state index contributed by atoms with van der Waals surface area (Å²) in [4.78, 5) is 63.7. The summed E-state index contributed by atoms with van der Waals surface area (Å²) in [5.74, 6) is -1.49. The number of aromatic amines is 1. The molecule has 216 valence electrons. The van der Waals surface area contributed by atoms with Crippen LogP contribution in [0.3, 0.4) is 0 Å². The minimum atomic E-state index is -1.15. The Hall–Kier alpha value is -3.93. The summed E-state index contributed by atoms with van der Waals surface area (Å²) in [7, 11) is 1.63. The number of imidazole rings is 1. The molecule has 4 rings (SSSR count). The molecule has 40 heavy (non-hydrogen) atoms. The fourth-order valence-electron chi connectivity index (χ4n) is 4.97. The minimum Gasteiger partial charge on any atom is -0.491 e. The van der Waals surface area contributed by atoms with E-state index in [9.17, 15) is 19.2 Å². The van der Waals surface area contributed by atoms with E-state index in [1.165, 1.54) is 24.1 Å². The smallest absolute Gasteiger partial charge is 0.255 e. The Kier molecular flexibility index (Phi) is 10.5. The molecule has 12 heteroatoms. The lowest BCUT2D eigenvalue weighted by Gasteiger charge is -2.26. The molecule has 0 radical (unpaired) electrons. The minimum absolute atomic E-state index is 0.137. The van der Waals surface area contributed by atoms with Gasteiger partial charge in [-0.2, -0.15) is 0 Å². The zero-order valence-corrected chi connectivity index (χ0v) is 23.0. The number of nitrogens with one attached hydrogen (secondary N) is 4. The van der Waals surface area contributed by atoms with Crippen molar-refractivity contribution in [2.75, 3.05) is 46.4 Å². The summed E-state index contributed by atoms with van der Waals surface area (Å²) in [6.07, 6.45) is 7.67. The monoisotopic (exact) mass is 553 g/mol. The number of carbonyl (C=O) groups is 4. The second-order valence-electron chi connectivity index (χ2n) is 10.3. The molecule has 0 bridgehead atoms. The van der Waals surface area contributed by atoms with Crippen LogP contribution in [0.2, 0.25) is 0 Å². The molecule has 3 heterocycles. The zero-order chi connectivity index (χ0) is 28.3. The molecule has 2 aromatic rings. The third-order valence-electron chi connectivity index (χ3n) is 7.24. The van der Waals surface area contributed by atoms with E-state index in [0.717, 1.165) is 25.9 Å². The van der Waals surface area contributed by atoms with Gasteiger partial charge in [-0.3, -0.25) is 19.2 Å². The summed E-state index contributed by atoms with van der Waals surface area (Å²) in [6.45, 7) is 3.47. The first-order valence-corrected chi connectivity index (χ1v) is 13.9. The Morgan fingerprint density at radius 3 is 2.60 bits per heavy atom. The predicted octanol–water partition coefficient (Wildman–Crippen LogP) is 0.469. The van der Waals surface area contributed by atoms with Gasteiger partial charge in [-0.05, 0) is 38.1 Å². The topological polar surface area (TPSA) is 149 Å². The molecule has 1 aromatic carbocycles. The van der Waals surface area contributed by atoms with Crippen LogP contribution < -0.4 is 20.7 Å². The molecule has 0 unspecified atom stereocenters. The van der Waals surface area contributed by atoms with Crippen LogP contribution in [0, 0.1) is 0 Å². The molecule has 2 aliphatic heterocycles. The van der Waals surface area contributed by atoms with Crippen LogP contribution in [0.15, 0.2) is 36.8 Å². The van der Waals surface area contributed by atoms with Crippen molar-refractivity contribution in [2.45, 2.75) is 50.6 Å². The number of hydrogen-bond acceptors (Lipinski definition) is 7. The van der Waals surface area contributed by atoms with E-state index >= 15 is 0 Å². The molecule has 0 saturated carbocycles. The number of fused-ring (bicyclic) bond motifs is 1. The van der Waals surface area contributed by atoms with E-state index in [2.05, 4.69) is 30.8 Å². The van der Waals surface area contributed by atoms with Crippen LogP contribution in [0.5, 0.6) is 5.75 Å². The van der Waals surface area contributed by atoms with Gasteiger partial charge < -0.3 is 35.5 Å². The first kappa shape index (κ1) is 29.1. The van der Waals surface area contributed by atoms with Gasteiger partial charge >= 0.3 is 0 Å². The Balaban J connectivity index is 1.51. The van der Waals surface area contributed by atoms with Crippen molar-refractivity contribution in [1.29, 1.82) is 0 Å². The van der Waals surface area contributed by atoms with E-state index in [0.29, 0.717) is 24.5 Å². The van der Waals surface area contributed by atoms with Gasteiger partial charge in [0.1, 0.15) is 24.4 Å². The van der Waals surface area contributed by atoms with Crippen LogP contribution in [-0.2, 0) is 20.8 Å². The summed E-state index contributed by atoms with van der Waals surface area (Å²) in [5.41, 5.74) is 0.919. The first-order valence-electron chi connectivity index (χ1n) is 13.9. The van der Waals surface area contributed by atoms with Gasteiger partial charge in [0.15, 0.2) is 0 Å². The highest BCUT2D eigenvalue weighted by molar-refractivity contribution is 6.01. The SMILES string of the molecule is CN1CCOc2ccccc2C(=O)N[C@H](C(=O)NCCN2CCCCCC2)CC(=O)N[C@@H](Cc2cnc[nH]2)C1=O. The Morgan fingerprint density at radius 1 is 1.07 bits per heavy atom. The molecule has 12 nitrogen and oxygen atoms in total. The normalized spacial score (nSPS) is 21.7. The number of ether oxygens (including phenoxy) is 1. The molecule has 4 N–H and O–H groups in total. The third-order valence-corrected chi connectivity index (χ3v) is 7.24. The molecule has 2 aliphatic rings. The zero-order valence-electron chi connectivity index (χ0n) is 23.0. The average molecular weight is 554 g/mol. The van der Waals surface area contributed by atoms with Gasteiger partial charge in [-0.25, -0.2) is 4.98 Å². The number of hydrogen-bond donors (Lipinski definition) is 4. The van der Waals surface area contributed by atoms with Crippen molar-refractivity contribution in [2.24, 2.45) is 0 Å². The molecule has 1 fully saturated rings. The van der Waals surface area contributed by atoms with Crippen molar-refractivity contribution in [1.82, 2.24) is 35.7 Å². The maximum atomic E-state index is 13.3. The summed E-state index contributed by atoms with van der Waals surface area (Å²) < 4.78 is 5.86. The first-order chi connectivity index (χ1) is 19.4. The maximum Gasteiger partial charge on any atom is 0.255 e. The van der Waals surface area contributed by atoms with Crippen LogP contribution in [0.4, 0.5) is 0 Å². The van der Waals surface area contributed by atoms with Crippen molar-refractivity contribution in [3.05, 3.63) is 48.0 Å². The number of rotatable bonds is 6. The number of amides is 4. The molecule has 0 spiro atoms. The van der Waals surface area contributed by atoms with E-state index in [1.54, 1.807) is 37.5 Å². The van der Waals surface area contributed by atoms with E-state index in [4.69, 9.17) is 4.74 Å². The molecule has 1 saturated heterocycles. The van der Waals surface area contributed by atoms with Crippen molar-refractivity contribution in [3.8, 4) is 5.75 Å². The predicted molar refractivity (Wildman–Crippen MR) is 148 cm³/mol. The van der Waals surface area contributed by atoms with Gasteiger partial charge in [0.2, 0.25) is 17.7 Å². The second-order valence-corrected chi connectivity index (χ2v) is 10.3. The third kappa shape index (κ3) is 8.28. The molecule has 1 aromatic heterocycles. The molecule has 4 amide bonds. The highest BCUT2D eigenvalue weighted by Gasteiger charge is 2.30. The lowest BCUT2D eigenvalue weighted by atomic mass is 10.1. The number of carbonyl (C=O) groups excluding carboxylic acids is 4. The average Bonchev–Trinajstić information content (AvgIpc) is 3.32. The number of likely N-dealkylation sites (tertiary alicyclic amines) is 1. The van der Waals surface area contributed by atoms with E-state index in [1.807, 2.05) is 0 Å².